The van der Waals surface area contributed by atoms with Gasteiger partial charge in [-0.05, 0) is 25.8 Å². The van der Waals surface area contributed by atoms with Crippen molar-refractivity contribution >= 4 is 6.03 Å². The van der Waals surface area contributed by atoms with Gasteiger partial charge in [-0.15, -0.1) is 0 Å². The monoisotopic (exact) mass is 264 g/mol. The second-order valence-electron chi connectivity index (χ2n) is 4.77. The highest BCUT2D eigenvalue weighted by molar-refractivity contribution is 5.74. The third-order valence-electron chi connectivity index (χ3n) is 2.88. The fourth-order valence-electron chi connectivity index (χ4n) is 1.52. The first kappa shape index (κ1) is 15.5. The van der Waals surface area contributed by atoms with E-state index >= 15 is 0 Å². The van der Waals surface area contributed by atoms with Gasteiger partial charge in [0, 0.05) is 6.54 Å². The fourth-order valence-corrected chi connectivity index (χ4v) is 1.52. The molecule has 1 aromatic rings. The Kier molecular flexibility index (Phi) is 6.97. The van der Waals surface area contributed by atoms with E-state index in [4.69, 9.17) is 4.74 Å². The van der Waals surface area contributed by atoms with Crippen LogP contribution >= 0.6 is 0 Å². The van der Waals surface area contributed by atoms with Gasteiger partial charge >= 0.3 is 6.03 Å². The molecule has 106 valence electrons. The number of nitrogens with one attached hydrogen (secondary N) is 2. The number of carbonyl (C=O) groups is 1. The molecule has 0 bridgehead atoms. The summed E-state index contributed by atoms with van der Waals surface area (Å²) in [5.41, 5.74) is 1.08. The van der Waals surface area contributed by atoms with Crippen molar-refractivity contribution in [2.75, 3.05) is 6.61 Å². The standard InChI is InChI=1S/C15H24N2O2/c1-4-13(3)19-11-12(2)17-15(18)16-10-14-8-6-5-7-9-14/h5-9,12-13H,4,10-11H2,1-3H3,(H2,16,17,18). The summed E-state index contributed by atoms with van der Waals surface area (Å²) >= 11 is 0. The lowest BCUT2D eigenvalue weighted by molar-refractivity contribution is 0.0522. The lowest BCUT2D eigenvalue weighted by Crippen LogP contribution is -2.42. The molecule has 0 aliphatic rings. The van der Waals surface area contributed by atoms with Crippen molar-refractivity contribution in [1.82, 2.24) is 10.6 Å². The Labute approximate surface area is 115 Å². The van der Waals surface area contributed by atoms with E-state index in [1.807, 2.05) is 44.2 Å². The minimum absolute atomic E-state index is 0.00442. The number of amides is 2. The Morgan fingerprint density at radius 3 is 2.58 bits per heavy atom. The molecule has 2 amide bonds. The maximum Gasteiger partial charge on any atom is 0.315 e. The van der Waals surface area contributed by atoms with Crippen LogP contribution in [0.3, 0.4) is 0 Å². The van der Waals surface area contributed by atoms with E-state index < -0.39 is 0 Å². The molecule has 1 rings (SSSR count). The Hall–Kier alpha value is -1.55. The average molecular weight is 264 g/mol. The number of urea groups is 1. The van der Waals surface area contributed by atoms with Crippen molar-refractivity contribution in [3.8, 4) is 0 Å². The molecule has 0 aliphatic carbocycles. The molecule has 0 spiro atoms. The van der Waals surface area contributed by atoms with Crippen LogP contribution in [-0.2, 0) is 11.3 Å². The number of hydrogen-bond acceptors (Lipinski definition) is 2. The Bertz CT molecular complexity index is 368. The summed E-state index contributed by atoms with van der Waals surface area (Å²) in [4.78, 5) is 11.7. The van der Waals surface area contributed by atoms with Crippen molar-refractivity contribution in [3.63, 3.8) is 0 Å². The highest BCUT2D eigenvalue weighted by Gasteiger charge is 2.08. The molecule has 2 atom stereocenters. The predicted octanol–water partition coefficient (Wildman–Crippen LogP) is 2.69. The van der Waals surface area contributed by atoms with Crippen molar-refractivity contribution in [2.24, 2.45) is 0 Å². The molecule has 0 radical (unpaired) electrons. The molecule has 0 saturated carbocycles. The predicted molar refractivity (Wildman–Crippen MR) is 77.0 cm³/mol. The molecule has 4 nitrogen and oxygen atoms in total. The van der Waals surface area contributed by atoms with Gasteiger partial charge in [0.15, 0.2) is 0 Å². The summed E-state index contributed by atoms with van der Waals surface area (Å²) in [6.07, 6.45) is 1.21. The van der Waals surface area contributed by atoms with E-state index in [9.17, 15) is 4.79 Å². The van der Waals surface area contributed by atoms with Gasteiger partial charge in [0.2, 0.25) is 0 Å². The second-order valence-corrected chi connectivity index (χ2v) is 4.77. The van der Waals surface area contributed by atoms with Crippen LogP contribution in [0.1, 0.15) is 32.8 Å². The lowest BCUT2D eigenvalue weighted by atomic mass is 10.2. The van der Waals surface area contributed by atoms with Crippen LogP contribution < -0.4 is 10.6 Å². The zero-order valence-corrected chi connectivity index (χ0v) is 12.0. The van der Waals surface area contributed by atoms with Crippen LogP contribution in [0.25, 0.3) is 0 Å². The van der Waals surface area contributed by atoms with Crippen LogP contribution in [-0.4, -0.2) is 24.8 Å². The summed E-state index contributed by atoms with van der Waals surface area (Å²) < 4.78 is 5.57. The number of hydrogen-bond donors (Lipinski definition) is 2. The van der Waals surface area contributed by atoms with Crippen LogP contribution in [0, 0.1) is 0 Å². The molecule has 19 heavy (non-hydrogen) atoms. The Balaban J connectivity index is 2.20. The molecule has 0 aliphatic heterocycles. The summed E-state index contributed by atoms with van der Waals surface area (Å²) in [6, 6.07) is 9.67. The van der Waals surface area contributed by atoms with Gasteiger partial charge in [0.05, 0.1) is 18.8 Å². The van der Waals surface area contributed by atoms with Crippen LogP contribution in [0.4, 0.5) is 4.79 Å². The third kappa shape index (κ3) is 6.82. The first-order valence-corrected chi connectivity index (χ1v) is 6.81. The first-order valence-electron chi connectivity index (χ1n) is 6.81. The molecule has 0 saturated heterocycles. The quantitative estimate of drug-likeness (QED) is 0.795. The molecule has 0 aromatic heterocycles. The van der Waals surface area contributed by atoms with Gasteiger partial charge < -0.3 is 15.4 Å². The van der Waals surface area contributed by atoms with Crippen molar-refractivity contribution < 1.29 is 9.53 Å². The molecular weight excluding hydrogens is 240 g/mol. The van der Waals surface area contributed by atoms with E-state index in [1.54, 1.807) is 0 Å². The van der Waals surface area contributed by atoms with Crippen molar-refractivity contribution in [3.05, 3.63) is 35.9 Å². The molecule has 2 unspecified atom stereocenters. The Morgan fingerprint density at radius 2 is 1.95 bits per heavy atom. The SMILES string of the molecule is CCC(C)OCC(C)NC(=O)NCc1ccccc1. The topological polar surface area (TPSA) is 50.4 Å². The first-order chi connectivity index (χ1) is 9.11. The minimum atomic E-state index is -0.163. The number of ether oxygens (including phenoxy) is 1. The van der Waals surface area contributed by atoms with E-state index in [-0.39, 0.29) is 18.2 Å². The van der Waals surface area contributed by atoms with Gasteiger partial charge in [-0.1, -0.05) is 37.3 Å². The molecule has 0 fully saturated rings. The van der Waals surface area contributed by atoms with Gasteiger partial charge in [0.1, 0.15) is 0 Å². The van der Waals surface area contributed by atoms with Gasteiger partial charge in [0.25, 0.3) is 0 Å². The zero-order valence-electron chi connectivity index (χ0n) is 12.0. The summed E-state index contributed by atoms with van der Waals surface area (Å²) in [5.74, 6) is 0. The summed E-state index contributed by atoms with van der Waals surface area (Å²) in [5, 5.41) is 5.68. The molecular formula is C15H24N2O2. The normalized spacial score (nSPS) is 13.6. The van der Waals surface area contributed by atoms with Crippen molar-refractivity contribution in [1.29, 1.82) is 0 Å². The smallest absolute Gasteiger partial charge is 0.315 e. The van der Waals surface area contributed by atoms with Gasteiger partial charge in [-0.3, -0.25) is 0 Å². The fraction of sp³-hybridized carbons (Fsp3) is 0.533. The summed E-state index contributed by atoms with van der Waals surface area (Å²) in [6.45, 7) is 7.11. The lowest BCUT2D eigenvalue weighted by Gasteiger charge is -2.17. The number of rotatable bonds is 7. The highest BCUT2D eigenvalue weighted by Crippen LogP contribution is 1.98. The minimum Gasteiger partial charge on any atom is -0.376 e. The Morgan fingerprint density at radius 1 is 1.26 bits per heavy atom. The maximum absolute atomic E-state index is 11.7. The summed E-state index contributed by atoms with van der Waals surface area (Å²) in [7, 11) is 0. The molecule has 2 N–H and O–H groups in total. The van der Waals surface area contributed by atoms with E-state index in [0.29, 0.717) is 13.2 Å². The zero-order chi connectivity index (χ0) is 14.1. The highest BCUT2D eigenvalue weighted by atomic mass is 16.5. The molecule has 4 heteroatoms. The molecule has 1 aromatic carbocycles. The van der Waals surface area contributed by atoms with Crippen molar-refractivity contribution in [2.45, 2.75) is 45.9 Å². The largest absolute Gasteiger partial charge is 0.376 e. The van der Waals surface area contributed by atoms with E-state index in [2.05, 4.69) is 17.6 Å². The van der Waals surface area contributed by atoms with Crippen LogP contribution in [0.5, 0.6) is 0 Å². The van der Waals surface area contributed by atoms with E-state index in [1.165, 1.54) is 0 Å². The van der Waals surface area contributed by atoms with Crippen LogP contribution in [0.15, 0.2) is 30.3 Å². The van der Waals surface area contributed by atoms with Crippen LogP contribution in [0.2, 0.25) is 0 Å². The maximum atomic E-state index is 11.7. The van der Waals surface area contributed by atoms with Gasteiger partial charge in [-0.2, -0.15) is 0 Å². The third-order valence-corrected chi connectivity index (χ3v) is 2.88. The number of carbonyl (C=O) groups excluding carboxylic acids is 1. The second kappa shape index (κ2) is 8.53. The number of benzene rings is 1. The van der Waals surface area contributed by atoms with E-state index in [0.717, 1.165) is 12.0 Å². The average Bonchev–Trinajstić information content (AvgIpc) is 2.43. The molecule has 0 heterocycles. The van der Waals surface area contributed by atoms with Gasteiger partial charge in [-0.25, -0.2) is 4.79 Å².